The molecule has 28 heavy (non-hydrogen) atoms. The molecule has 1 aromatic heterocycles. The van der Waals surface area contributed by atoms with Crippen molar-refractivity contribution in [3.63, 3.8) is 0 Å². The summed E-state index contributed by atoms with van der Waals surface area (Å²) in [5, 5.41) is 0. The van der Waals surface area contributed by atoms with Gasteiger partial charge in [-0.25, -0.2) is 4.39 Å². The molecule has 138 valence electrons. The maximum absolute atomic E-state index is 13.5. The first-order valence-electron chi connectivity index (χ1n) is 8.24. The summed E-state index contributed by atoms with van der Waals surface area (Å²) in [6.45, 7) is -0.338. The topological polar surface area (TPSA) is 71.7 Å². The van der Waals surface area contributed by atoms with E-state index in [-0.39, 0.29) is 22.5 Å². The smallest absolute Gasteiger partial charge is 0.268 e. The number of terminal acetylenes is 1. The number of aromatic nitrogens is 1. The van der Waals surface area contributed by atoms with Crippen LogP contribution in [0.15, 0.2) is 47.5 Å². The number of carbonyl (C=O) groups excluding carboxylic acids is 3. The molecule has 0 saturated heterocycles. The number of fused-ring (bicyclic) bond motifs is 2. The minimum absolute atomic E-state index is 0.144. The van der Waals surface area contributed by atoms with Crippen molar-refractivity contribution in [3.8, 4) is 12.3 Å². The van der Waals surface area contributed by atoms with Crippen LogP contribution in [0, 0.1) is 18.2 Å². The summed E-state index contributed by atoms with van der Waals surface area (Å²) in [4.78, 5) is 42.4. The number of hydrogen-bond acceptors (Lipinski definition) is 4. The van der Waals surface area contributed by atoms with Gasteiger partial charge in [0.1, 0.15) is 12.4 Å². The van der Waals surface area contributed by atoms with Gasteiger partial charge in [0, 0.05) is 0 Å². The Hall–Kier alpha value is -3.57. The summed E-state index contributed by atoms with van der Waals surface area (Å²) >= 11 is 1.10. The van der Waals surface area contributed by atoms with E-state index in [9.17, 15) is 18.8 Å². The van der Waals surface area contributed by atoms with Gasteiger partial charge in [-0.05, 0) is 30.3 Å². The van der Waals surface area contributed by atoms with Crippen LogP contribution in [0.4, 0.5) is 4.39 Å². The third kappa shape index (κ3) is 2.92. The molecule has 0 N–H and O–H groups in total. The lowest BCUT2D eigenvalue weighted by molar-refractivity contribution is -0.118. The van der Waals surface area contributed by atoms with Crippen molar-refractivity contribution in [1.29, 1.82) is 0 Å². The quantitative estimate of drug-likeness (QED) is 0.506. The van der Waals surface area contributed by atoms with Crippen LogP contribution < -0.4 is 4.80 Å². The molecule has 4 rings (SSSR count). The Balaban J connectivity index is 1.68. The number of benzene rings is 2. The van der Waals surface area contributed by atoms with Crippen molar-refractivity contribution in [2.45, 2.75) is 6.54 Å². The molecule has 0 saturated carbocycles. The highest BCUT2D eigenvalue weighted by Crippen LogP contribution is 2.22. The molecule has 0 spiro atoms. The molecule has 0 aliphatic carbocycles. The fourth-order valence-electron chi connectivity index (χ4n) is 3.04. The fraction of sp³-hybridized carbons (Fsp3) is 0.100. The summed E-state index contributed by atoms with van der Waals surface area (Å²) < 4.78 is 15.7. The zero-order valence-electron chi connectivity index (χ0n) is 14.4. The zero-order chi connectivity index (χ0) is 19.8. The Bertz CT molecular complexity index is 1230. The Kier molecular flexibility index (Phi) is 4.37. The minimum atomic E-state index is -0.674. The average molecular weight is 393 g/mol. The maximum Gasteiger partial charge on any atom is 0.268 e. The first kappa shape index (κ1) is 17.8. The highest BCUT2D eigenvalue weighted by Gasteiger charge is 2.36. The van der Waals surface area contributed by atoms with E-state index in [0.717, 1.165) is 16.2 Å². The van der Waals surface area contributed by atoms with E-state index in [2.05, 4.69) is 10.9 Å². The van der Waals surface area contributed by atoms with Gasteiger partial charge in [-0.15, -0.1) is 6.42 Å². The average Bonchev–Trinajstić information content (AvgIpc) is 3.12. The van der Waals surface area contributed by atoms with Gasteiger partial charge in [-0.1, -0.05) is 29.4 Å². The van der Waals surface area contributed by atoms with Gasteiger partial charge < -0.3 is 4.57 Å². The summed E-state index contributed by atoms with van der Waals surface area (Å²) in [5.74, 6) is 0.333. The second-order valence-electron chi connectivity index (χ2n) is 6.03. The molecule has 8 heteroatoms. The summed E-state index contributed by atoms with van der Waals surface area (Å²) in [6.07, 6.45) is 5.39. The summed E-state index contributed by atoms with van der Waals surface area (Å²) in [7, 11) is 0. The first-order valence-corrected chi connectivity index (χ1v) is 9.06. The number of halogens is 1. The van der Waals surface area contributed by atoms with E-state index < -0.39 is 30.1 Å². The van der Waals surface area contributed by atoms with Crippen LogP contribution in [0.2, 0.25) is 0 Å². The van der Waals surface area contributed by atoms with E-state index in [1.165, 1.54) is 12.1 Å². The lowest BCUT2D eigenvalue weighted by Gasteiger charge is -2.10. The Morgan fingerprint density at radius 2 is 1.82 bits per heavy atom. The van der Waals surface area contributed by atoms with E-state index in [1.807, 2.05) is 0 Å². The normalized spacial score (nSPS) is 13.9. The molecule has 1 aliphatic rings. The number of carbonyl (C=O) groups is 3. The molecular weight excluding hydrogens is 381 g/mol. The summed E-state index contributed by atoms with van der Waals surface area (Å²) in [6, 6.07) is 10.6. The van der Waals surface area contributed by atoms with Gasteiger partial charge in [0.25, 0.3) is 17.7 Å². The second kappa shape index (κ2) is 6.87. The van der Waals surface area contributed by atoms with Crippen molar-refractivity contribution in [3.05, 3.63) is 64.2 Å². The molecule has 0 bridgehead atoms. The van der Waals surface area contributed by atoms with E-state index in [1.54, 1.807) is 34.9 Å². The fourth-order valence-corrected chi connectivity index (χ4v) is 4.11. The molecule has 1 aliphatic heterocycles. The van der Waals surface area contributed by atoms with E-state index in [4.69, 9.17) is 6.42 Å². The third-order valence-electron chi connectivity index (χ3n) is 4.29. The standard InChI is InChI=1S/C20H12FN3O3S/c1-2-9-23-15-8-7-12(21)10-16(15)28-20(23)22-17(25)11-24-18(26)13-5-3-4-6-14(13)19(24)27/h1,3-8,10H,9,11H2. The number of hydrogen-bond donors (Lipinski definition) is 0. The third-order valence-corrected chi connectivity index (χ3v) is 5.33. The molecule has 3 amide bonds. The summed E-state index contributed by atoms with van der Waals surface area (Å²) in [5.41, 5.74) is 1.18. The monoisotopic (exact) mass is 393 g/mol. The van der Waals surface area contributed by atoms with Crippen molar-refractivity contribution < 1.29 is 18.8 Å². The van der Waals surface area contributed by atoms with Crippen LogP contribution >= 0.6 is 11.3 Å². The predicted octanol–water partition coefficient (Wildman–Crippen LogP) is 2.20. The van der Waals surface area contributed by atoms with Crippen LogP contribution in [0.5, 0.6) is 0 Å². The maximum atomic E-state index is 13.5. The predicted molar refractivity (Wildman–Crippen MR) is 101 cm³/mol. The van der Waals surface area contributed by atoms with Gasteiger partial charge in [-0.2, -0.15) is 4.99 Å². The molecule has 2 aromatic carbocycles. The van der Waals surface area contributed by atoms with Crippen molar-refractivity contribution >= 4 is 39.3 Å². The second-order valence-corrected chi connectivity index (χ2v) is 7.04. The van der Waals surface area contributed by atoms with E-state index in [0.29, 0.717) is 10.2 Å². The lowest BCUT2D eigenvalue weighted by Crippen LogP contribution is -2.35. The lowest BCUT2D eigenvalue weighted by atomic mass is 10.1. The Morgan fingerprint density at radius 1 is 1.14 bits per heavy atom. The van der Waals surface area contributed by atoms with Crippen LogP contribution in [0.3, 0.4) is 0 Å². The molecule has 0 atom stereocenters. The Labute approximate surface area is 162 Å². The number of rotatable bonds is 3. The largest absolute Gasteiger partial charge is 0.305 e. The highest BCUT2D eigenvalue weighted by atomic mass is 32.1. The zero-order valence-corrected chi connectivity index (χ0v) is 15.2. The number of nitrogens with zero attached hydrogens (tertiary/aromatic N) is 3. The van der Waals surface area contributed by atoms with Crippen molar-refractivity contribution in [1.82, 2.24) is 9.47 Å². The van der Waals surface area contributed by atoms with Crippen LogP contribution in [0.1, 0.15) is 20.7 Å². The molecule has 0 unspecified atom stereocenters. The number of imide groups is 1. The number of thiazole rings is 1. The van der Waals surface area contributed by atoms with Gasteiger partial charge in [-0.3, -0.25) is 19.3 Å². The van der Waals surface area contributed by atoms with Gasteiger partial charge in [0.15, 0.2) is 4.80 Å². The molecular formula is C20H12FN3O3S. The molecule has 6 nitrogen and oxygen atoms in total. The van der Waals surface area contributed by atoms with Crippen LogP contribution in [-0.2, 0) is 11.3 Å². The van der Waals surface area contributed by atoms with Crippen LogP contribution in [-0.4, -0.2) is 33.7 Å². The minimum Gasteiger partial charge on any atom is -0.305 e. The van der Waals surface area contributed by atoms with Gasteiger partial charge in [0.05, 0.1) is 27.9 Å². The molecule has 3 aromatic rings. The highest BCUT2D eigenvalue weighted by molar-refractivity contribution is 7.16. The van der Waals surface area contributed by atoms with Crippen molar-refractivity contribution in [2.75, 3.05) is 6.54 Å². The SMILES string of the molecule is C#CCn1c(=NC(=O)CN2C(=O)c3ccccc3C2=O)sc2cc(F)ccc21. The van der Waals surface area contributed by atoms with Crippen molar-refractivity contribution in [2.24, 2.45) is 4.99 Å². The molecule has 2 heterocycles. The van der Waals surface area contributed by atoms with Crippen LogP contribution in [0.25, 0.3) is 10.2 Å². The molecule has 0 radical (unpaired) electrons. The molecule has 0 fully saturated rings. The van der Waals surface area contributed by atoms with Gasteiger partial charge >= 0.3 is 0 Å². The number of amides is 3. The first-order chi connectivity index (χ1) is 13.5. The Morgan fingerprint density at radius 3 is 2.46 bits per heavy atom. The van der Waals surface area contributed by atoms with Gasteiger partial charge in [0.2, 0.25) is 0 Å². The van der Waals surface area contributed by atoms with E-state index >= 15 is 0 Å².